The molecule has 0 aromatic heterocycles. The number of nitrogens with zero attached hydrogens (tertiary/aromatic N) is 1. The highest BCUT2D eigenvalue weighted by Crippen LogP contribution is 2.68. The molecule has 128 valence electrons. The molecule has 4 heteroatoms. The molecule has 2 aliphatic heterocycles. The summed E-state index contributed by atoms with van der Waals surface area (Å²) in [5.74, 6) is 0.861. The molecule has 2 aliphatic carbocycles. The van der Waals surface area contributed by atoms with Crippen molar-refractivity contribution in [3.05, 3.63) is 35.9 Å². The summed E-state index contributed by atoms with van der Waals surface area (Å²) in [5, 5.41) is 21.1. The Hall–Kier alpha value is -1.52. The third-order valence-corrected chi connectivity index (χ3v) is 7.47. The summed E-state index contributed by atoms with van der Waals surface area (Å²) in [6.07, 6.45) is 5.04. The summed E-state index contributed by atoms with van der Waals surface area (Å²) < 4.78 is 6.24. The molecule has 5 rings (SSSR count). The molecule has 1 spiro atoms. The van der Waals surface area contributed by atoms with Gasteiger partial charge in [0.05, 0.1) is 6.10 Å². The Morgan fingerprint density at radius 3 is 3.04 bits per heavy atom. The van der Waals surface area contributed by atoms with E-state index in [0.717, 1.165) is 38.8 Å². The number of piperidine rings is 1. The second-order valence-electron chi connectivity index (χ2n) is 8.23. The highest BCUT2D eigenvalue weighted by atomic mass is 16.5. The third kappa shape index (κ3) is 1.44. The second kappa shape index (κ2) is 4.55. The summed E-state index contributed by atoms with van der Waals surface area (Å²) in [4.78, 5) is 2.56. The van der Waals surface area contributed by atoms with Gasteiger partial charge in [-0.3, -0.25) is 4.90 Å². The molecule has 0 amide bonds. The summed E-state index contributed by atoms with van der Waals surface area (Å²) >= 11 is 0. The van der Waals surface area contributed by atoms with Gasteiger partial charge in [0.1, 0.15) is 6.10 Å². The number of aliphatic hydroxyl groups excluding tert-OH is 1. The smallest absolute Gasteiger partial charge is 0.165 e. The van der Waals surface area contributed by atoms with E-state index in [1.165, 1.54) is 11.1 Å². The topological polar surface area (TPSA) is 52.9 Å². The van der Waals surface area contributed by atoms with Gasteiger partial charge in [0, 0.05) is 23.6 Å². The van der Waals surface area contributed by atoms with E-state index in [0.29, 0.717) is 11.8 Å². The lowest BCUT2D eigenvalue weighted by atomic mass is 9.44. The molecule has 1 aromatic carbocycles. The number of hydrogen-bond acceptors (Lipinski definition) is 4. The van der Waals surface area contributed by atoms with E-state index in [4.69, 9.17) is 4.74 Å². The molecule has 0 unspecified atom stereocenters. The van der Waals surface area contributed by atoms with Crippen LogP contribution in [0.4, 0.5) is 0 Å². The first-order valence-corrected chi connectivity index (χ1v) is 9.08. The molecule has 4 aliphatic rings. The Balaban J connectivity index is 1.78. The Labute approximate surface area is 142 Å². The van der Waals surface area contributed by atoms with E-state index >= 15 is 0 Å². The number of hydrogen-bond donors (Lipinski definition) is 2. The van der Waals surface area contributed by atoms with Crippen LogP contribution in [-0.2, 0) is 11.8 Å². The van der Waals surface area contributed by atoms with Crippen LogP contribution in [0.15, 0.2) is 24.8 Å². The molecule has 1 saturated heterocycles. The number of aliphatic hydroxyl groups is 1. The van der Waals surface area contributed by atoms with Crippen LogP contribution in [0.3, 0.4) is 0 Å². The minimum Gasteiger partial charge on any atom is -0.504 e. The standard InChI is InChI=1S/C20H25NO3/c1-3-9-21-10-8-20-16-12-4-5-13(22)17(16)24-18(20)14(23)6-7-19(20,2)15(21)11-12/h3-5,14-15,18,22-23H,1,6-11H2,2H3/t14-,15-,18+,19+,20+/m1/s1. The van der Waals surface area contributed by atoms with Gasteiger partial charge in [0.2, 0.25) is 0 Å². The van der Waals surface area contributed by atoms with Gasteiger partial charge in [0.25, 0.3) is 0 Å². The number of phenolic OH excluding ortho intramolecular Hbond substituents is 1. The number of likely N-dealkylation sites (tertiary alicyclic amines) is 1. The van der Waals surface area contributed by atoms with E-state index in [1.54, 1.807) is 6.07 Å². The zero-order chi connectivity index (χ0) is 16.7. The van der Waals surface area contributed by atoms with Gasteiger partial charge in [-0.2, -0.15) is 0 Å². The minimum absolute atomic E-state index is 0.0597. The average molecular weight is 327 g/mol. The summed E-state index contributed by atoms with van der Waals surface area (Å²) in [6, 6.07) is 4.25. The first kappa shape index (κ1) is 14.8. The molecule has 4 nitrogen and oxygen atoms in total. The summed E-state index contributed by atoms with van der Waals surface area (Å²) in [7, 11) is 0. The van der Waals surface area contributed by atoms with E-state index in [2.05, 4.69) is 24.5 Å². The number of phenols is 1. The predicted molar refractivity (Wildman–Crippen MR) is 91.4 cm³/mol. The Kier molecular flexibility index (Phi) is 2.81. The van der Waals surface area contributed by atoms with Crippen LogP contribution < -0.4 is 4.74 Å². The highest BCUT2D eigenvalue weighted by Gasteiger charge is 2.70. The first-order chi connectivity index (χ1) is 11.5. The maximum atomic E-state index is 10.7. The maximum absolute atomic E-state index is 10.7. The molecule has 5 atom stereocenters. The summed E-state index contributed by atoms with van der Waals surface area (Å²) in [5.41, 5.74) is 2.37. The van der Waals surface area contributed by atoms with Gasteiger partial charge in [-0.25, -0.2) is 0 Å². The predicted octanol–water partition coefficient (Wildman–Crippen LogP) is 2.37. The molecular formula is C20H25NO3. The molecule has 0 radical (unpaired) electrons. The summed E-state index contributed by atoms with van der Waals surface area (Å²) in [6.45, 7) is 8.23. The van der Waals surface area contributed by atoms with Gasteiger partial charge in [0.15, 0.2) is 11.5 Å². The Bertz CT molecular complexity index is 732. The lowest BCUT2D eigenvalue weighted by Crippen LogP contribution is -2.72. The van der Waals surface area contributed by atoms with Crippen molar-refractivity contribution in [3.63, 3.8) is 0 Å². The van der Waals surface area contributed by atoms with Crippen molar-refractivity contribution in [1.29, 1.82) is 0 Å². The van der Waals surface area contributed by atoms with E-state index in [1.807, 2.05) is 6.08 Å². The van der Waals surface area contributed by atoms with Gasteiger partial charge in [-0.05, 0) is 49.3 Å². The van der Waals surface area contributed by atoms with Crippen molar-refractivity contribution >= 4 is 0 Å². The van der Waals surface area contributed by atoms with Gasteiger partial charge in [-0.15, -0.1) is 6.58 Å². The fourth-order valence-electron chi connectivity index (χ4n) is 6.44. The van der Waals surface area contributed by atoms with Crippen molar-refractivity contribution < 1.29 is 14.9 Å². The normalized spacial score (nSPS) is 42.3. The fourth-order valence-corrected chi connectivity index (χ4v) is 6.44. The SMILES string of the molecule is C=CCN1CC[C@]23c4c5ccc(O)c4O[C@H]2[C@H](O)CC[C@@]3(C)[C@H]1C5. The van der Waals surface area contributed by atoms with Crippen molar-refractivity contribution in [1.82, 2.24) is 4.90 Å². The second-order valence-corrected chi connectivity index (χ2v) is 8.23. The lowest BCUT2D eigenvalue weighted by Gasteiger charge is -2.65. The largest absolute Gasteiger partial charge is 0.504 e. The minimum atomic E-state index is -0.456. The monoisotopic (exact) mass is 327 g/mol. The van der Waals surface area contributed by atoms with Crippen molar-refractivity contribution in [2.75, 3.05) is 13.1 Å². The highest BCUT2D eigenvalue weighted by molar-refractivity contribution is 5.61. The van der Waals surface area contributed by atoms with E-state index in [-0.39, 0.29) is 22.7 Å². The van der Waals surface area contributed by atoms with Gasteiger partial charge >= 0.3 is 0 Å². The quantitative estimate of drug-likeness (QED) is 0.819. The molecular weight excluding hydrogens is 302 g/mol. The zero-order valence-corrected chi connectivity index (χ0v) is 14.2. The van der Waals surface area contributed by atoms with E-state index in [9.17, 15) is 10.2 Å². The fraction of sp³-hybridized carbons (Fsp3) is 0.600. The molecule has 2 heterocycles. The lowest BCUT2D eigenvalue weighted by molar-refractivity contribution is -0.150. The Morgan fingerprint density at radius 1 is 1.42 bits per heavy atom. The maximum Gasteiger partial charge on any atom is 0.165 e. The van der Waals surface area contributed by atoms with Crippen molar-refractivity contribution in [3.8, 4) is 11.5 Å². The van der Waals surface area contributed by atoms with Crippen molar-refractivity contribution in [2.45, 2.75) is 56.3 Å². The third-order valence-electron chi connectivity index (χ3n) is 7.47. The van der Waals surface area contributed by atoms with Crippen LogP contribution in [0.25, 0.3) is 0 Å². The zero-order valence-electron chi connectivity index (χ0n) is 14.2. The average Bonchev–Trinajstić information content (AvgIpc) is 2.91. The molecule has 2 fully saturated rings. The van der Waals surface area contributed by atoms with Gasteiger partial charge < -0.3 is 14.9 Å². The van der Waals surface area contributed by atoms with Crippen molar-refractivity contribution in [2.24, 2.45) is 5.41 Å². The first-order valence-electron chi connectivity index (χ1n) is 9.08. The van der Waals surface area contributed by atoms with Crippen LogP contribution in [-0.4, -0.2) is 46.5 Å². The number of ether oxygens (including phenoxy) is 1. The van der Waals surface area contributed by atoms with Crippen LogP contribution in [0.5, 0.6) is 11.5 Å². The number of benzene rings is 1. The van der Waals surface area contributed by atoms with Crippen LogP contribution >= 0.6 is 0 Å². The van der Waals surface area contributed by atoms with E-state index < -0.39 is 6.10 Å². The number of aromatic hydroxyl groups is 1. The molecule has 2 bridgehead atoms. The van der Waals surface area contributed by atoms with Crippen LogP contribution in [0.2, 0.25) is 0 Å². The molecule has 1 saturated carbocycles. The van der Waals surface area contributed by atoms with Crippen LogP contribution in [0, 0.1) is 5.41 Å². The Morgan fingerprint density at radius 2 is 2.25 bits per heavy atom. The molecule has 24 heavy (non-hydrogen) atoms. The molecule has 2 N–H and O–H groups in total. The van der Waals surface area contributed by atoms with Crippen LogP contribution in [0.1, 0.15) is 37.3 Å². The van der Waals surface area contributed by atoms with Gasteiger partial charge in [-0.1, -0.05) is 19.1 Å². The molecule has 1 aromatic rings. The number of rotatable bonds is 2.